The predicted molar refractivity (Wildman–Crippen MR) is 73.0 cm³/mol. The molecule has 0 atom stereocenters. The van der Waals surface area contributed by atoms with Crippen molar-refractivity contribution >= 4 is 41.1 Å². The van der Waals surface area contributed by atoms with Crippen LogP contribution in [0.2, 0.25) is 0 Å². The van der Waals surface area contributed by atoms with Crippen LogP contribution in [0, 0.1) is 5.41 Å². The van der Waals surface area contributed by atoms with Crippen molar-refractivity contribution in [3.05, 3.63) is 29.2 Å². The molecule has 3 nitrogen and oxygen atoms in total. The molecule has 0 spiro atoms. The van der Waals surface area contributed by atoms with Crippen molar-refractivity contribution in [1.29, 1.82) is 5.41 Å². The maximum Gasteiger partial charge on any atom is 0.249 e. The third-order valence-corrected chi connectivity index (χ3v) is 3.21. The van der Waals surface area contributed by atoms with E-state index in [0.717, 1.165) is 29.8 Å². The van der Waals surface area contributed by atoms with Crippen molar-refractivity contribution in [2.24, 2.45) is 0 Å². The Morgan fingerprint density at radius 2 is 2.38 bits per heavy atom. The molecular formula is C11H14N2OS2. The van der Waals surface area contributed by atoms with E-state index >= 15 is 0 Å². The van der Waals surface area contributed by atoms with Crippen LogP contribution < -0.4 is 5.32 Å². The lowest BCUT2D eigenvalue weighted by molar-refractivity contribution is -0.111. The summed E-state index contributed by atoms with van der Waals surface area (Å²) in [4.78, 5) is 12.5. The van der Waals surface area contributed by atoms with E-state index in [-0.39, 0.29) is 5.91 Å². The minimum atomic E-state index is -0.203. The van der Waals surface area contributed by atoms with Gasteiger partial charge in [0.25, 0.3) is 0 Å². The average Bonchev–Trinajstić information content (AvgIpc) is 2.71. The Balaban J connectivity index is 2.48. The number of carbonyl (C=O) groups is 1. The lowest BCUT2D eigenvalue weighted by Gasteiger charge is -1.96. The summed E-state index contributed by atoms with van der Waals surface area (Å²) >= 11 is 5.73. The Morgan fingerprint density at radius 3 is 3.06 bits per heavy atom. The van der Waals surface area contributed by atoms with Gasteiger partial charge in [-0.3, -0.25) is 4.79 Å². The molecule has 86 valence electrons. The number of carbonyl (C=O) groups excluding carboxylic acids is 1. The minimum Gasteiger partial charge on any atom is -0.314 e. The van der Waals surface area contributed by atoms with E-state index in [4.69, 9.17) is 5.41 Å². The molecular weight excluding hydrogens is 240 g/mol. The molecule has 0 bridgehead atoms. The molecule has 16 heavy (non-hydrogen) atoms. The van der Waals surface area contributed by atoms with Crippen LogP contribution in [0.15, 0.2) is 24.3 Å². The summed E-state index contributed by atoms with van der Waals surface area (Å²) in [5, 5.41) is 10.3. The van der Waals surface area contributed by atoms with Gasteiger partial charge in [0.2, 0.25) is 5.91 Å². The van der Waals surface area contributed by atoms with Gasteiger partial charge in [-0.05, 0) is 36.8 Å². The number of rotatable bonds is 6. The lowest BCUT2D eigenvalue weighted by atomic mass is 10.3. The fourth-order valence-corrected chi connectivity index (χ4v) is 2.24. The number of thiophene rings is 1. The third-order valence-electron chi connectivity index (χ3n) is 1.83. The number of hydrogen-bond donors (Lipinski definition) is 3. The maximum atomic E-state index is 11.3. The van der Waals surface area contributed by atoms with Gasteiger partial charge in [0.15, 0.2) is 0 Å². The van der Waals surface area contributed by atoms with Gasteiger partial charge in [-0.25, -0.2) is 0 Å². The molecule has 5 heteroatoms. The Bertz CT molecular complexity index is 385. The summed E-state index contributed by atoms with van der Waals surface area (Å²) < 4.78 is 0. The van der Waals surface area contributed by atoms with E-state index in [1.165, 1.54) is 17.0 Å². The van der Waals surface area contributed by atoms with E-state index in [1.807, 2.05) is 12.1 Å². The fourth-order valence-electron chi connectivity index (χ4n) is 1.13. The molecule has 0 saturated carbocycles. The van der Waals surface area contributed by atoms with Gasteiger partial charge in [0, 0.05) is 17.2 Å². The first-order valence-corrected chi connectivity index (χ1v) is 6.39. The zero-order valence-corrected chi connectivity index (χ0v) is 10.5. The Hall–Kier alpha value is -1.07. The molecule has 0 aliphatic carbocycles. The molecule has 1 aromatic rings. The van der Waals surface area contributed by atoms with Crippen LogP contribution in [0.25, 0.3) is 0 Å². The quantitative estimate of drug-likeness (QED) is 0.408. The van der Waals surface area contributed by atoms with Gasteiger partial charge in [0.05, 0.1) is 5.00 Å². The van der Waals surface area contributed by atoms with Crippen molar-refractivity contribution in [2.75, 3.05) is 11.1 Å². The Morgan fingerprint density at radius 1 is 1.56 bits per heavy atom. The first kappa shape index (κ1) is 13.0. The normalized spacial score (nSPS) is 10.6. The number of thiol groups is 1. The molecule has 1 heterocycles. The lowest BCUT2D eigenvalue weighted by Crippen LogP contribution is -2.06. The largest absolute Gasteiger partial charge is 0.314 e. The van der Waals surface area contributed by atoms with Crippen molar-refractivity contribution in [3.8, 4) is 0 Å². The number of anilines is 1. The molecule has 1 aromatic heterocycles. The summed E-state index contributed by atoms with van der Waals surface area (Å²) in [7, 11) is 0. The van der Waals surface area contributed by atoms with Gasteiger partial charge in [0.1, 0.15) is 0 Å². The number of hydrogen-bond acceptors (Lipinski definition) is 4. The van der Waals surface area contributed by atoms with E-state index in [0.29, 0.717) is 0 Å². The van der Waals surface area contributed by atoms with Crippen LogP contribution >= 0.6 is 24.0 Å². The maximum absolute atomic E-state index is 11.3. The highest BCUT2D eigenvalue weighted by atomic mass is 32.1. The monoisotopic (exact) mass is 254 g/mol. The summed E-state index contributed by atoms with van der Waals surface area (Å²) in [6.45, 7) is 0. The van der Waals surface area contributed by atoms with E-state index in [2.05, 4.69) is 17.9 Å². The summed E-state index contributed by atoms with van der Waals surface area (Å²) in [5.74, 6) is 0.674. The van der Waals surface area contributed by atoms with E-state index < -0.39 is 0 Å². The highest BCUT2D eigenvalue weighted by Crippen LogP contribution is 2.23. The van der Waals surface area contributed by atoms with Crippen LogP contribution in [0.3, 0.4) is 0 Å². The molecule has 0 radical (unpaired) electrons. The Kier molecular flexibility index (Phi) is 5.88. The molecule has 1 rings (SSSR count). The topological polar surface area (TPSA) is 53.0 Å². The standard InChI is InChI=1S/C11H14N2OS2/c12-7-1-4-10(14)13-11-6-5-9(16-11)3-2-8-15/h1,4-7,12,15H,2-3,8H2,(H,13,14)/b4-1-,12-7?. The van der Waals surface area contributed by atoms with E-state index in [1.54, 1.807) is 11.3 Å². The molecule has 0 aromatic carbocycles. The van der Waals surface area contributed by atoms with E-state index in [9.17, 15) is 4.79 Å². The SMILES string of the molecule is N=C/C=C\C(=O)Nc1ccc(CCCS)s1. The molecule has 2 N–H and O–H groups in total. The number of nitrogens with one attached hydrogen (secondary N) is 2. The highest BCUT2D eigenvalue weighted by Gasteiger charge is 2.02. The summed E-state index contributed by atoms with van der Waals surface area (Å²) in [5.41, 5.74) is 0. The van der Waals surface area contributed by atoms with Crippen molar-refractivity contribution in [3.63, 3.8) is 0 Å². The molecule has 1 amide bonds. The Labute approximate surface area is 104 Å². The second kappa shape index (κ2) is 7.24. The highest BCUT2D eigenvalue weighted by molar-refractivity contribution is 7.80. The minimum absolute atomic E-state index is 0.203. The molecule has 0 saturated heterocycles. The number of allylic oxidation sites excluding steroid dienone is 1. The molecule has 0 fully saturated rings. The second-order valence-corrected chi connectivity index (χ2v) is 4.72. The van der Waals surface area contributed by atoms with Crippen LogP contribution in [0.1, 0.15) is 11.3 Å². The van der Waals surface area contributed by atoms with Gasteiger partial charge < -0.3 is 10.7 Å². The third kappa shape index (κ3) is 4.63. The second-order valence-electron chi connectivity index (χ2n) is 3.11. The van der Waals surface area contributed by atoms with Gasteiger partial charge in [-0.2, -0.15) is 12.6 Å². The van der Waals surface area contributed by atoms with Crippen LogP contribution in [0.4, 0.5) is 5.00 Å². The zero-order valence-electron chi connectivity index (χ0n) is 8.77. The smallest absolute Gasteiger partial charge is 0.249 e. The first-order chi connectivity index (χ1) is 7.76. The molecule has 0 unspecified atom stereocenters. The van der Waals surface area contributed by atoms with Crippen LogP contribution in [-0.4, -0.2) is 17.9 Å². The fraction of sp³-hybridized carbons (Fsp3) is 0.273. The summed E-state index contributed by atoms with van der Waals surface area (Å²) in [6, 6.07) is 3.92. The number of aryl methyl sites for hydroxylation is 1. The van der Waals surface area contributed by atoms with Gasteiger partial charge >= 0.3 is 0 Å². The average molecular weight is 254 g/mol. The van der Waals surface area contributed by atoms with Crippen molar-refractivity contribution in [2.45, 2.75) is 12.8 Å². The molecule has 0 aliphatic rings. The predicted octanol–water partition coefficient (Wildman–Crippen LogP) is 2.75. The summed E-state index contributed by atoms with van der Waals surface area (Å²) in [6.07, 6.45) is 5.85. The van der Waals surface area contributed by atoms with Gasteiger partial charge in [-0.15, -0.1) is 11.3 Å². The number of amides is 1. The zero-order chi connectivity index (χ0) is 11.8. The van der Waals surface area contributed by atoms with Crippen LogP contribution in [0.5, 0.6) is 0 Å². The first-order valence-electron chi connectivity index (χ1n) is 4.94. The van der Waals surface area contributed by atoms with Crippen molar-refractivity contribution < 1.29 is 4.79 Å². The van der Waals surface area contributed by atoms with Gasteiger partial charge in [-0.1, -0.05) is 0 Å². The molecule has 0 aliphatic heterocycles. The van der Waals surface area contributed by atoms with Crippen LogP contribution in [-0.2, 0) is 11.2 Å². The van der Waals surface area contributed by atoms with Crippen molar-refractivity contribution in [1.82, 2.24) is 0 Å².